The molecule has 4 fully saturated rings. The van der Waals surface area contributed by atoms with E-state index in [1.165, 1.54) is 19.3 Å². The lowest BCUT2D eigenvalue weighted by molar-refractivity contribution is -0.149. The van der Waals surface area contributed by atoms with E-state index < -0.39 is 24.5 Å². The molecule has 0 atom stereocenters. The van der Waals surface area contributed by atoms with E-state index in [0.717, 1.165) is 19.3 Å². The quantitative estimate of drug-likeness (QED) is 0.530. The van der Waals surface area contributed by atoms with Crippen LogP contribution in [0.15, 0.2) is 0 Å². The summed E-state index contributed by atoms with van der Waals surface area (Å²) in [6.45, 7) is 4.01. The molecule has 4 aliphatic carbocycles. The number of imide groups is 1. The van der Waals surface area contributed by atoms with Crippen molar-refractivity contribution in [1.82, 2.24) is 16.0 Å². The fourth-order valence-electron chi connectivity index (χ4n) is 5.58. The summed E-state index contributed by atoms with van der Waals surface area (Å²) in [5.41, 5.74) is -0.234. The van der Waals surface area contributed by atoms with Gasteiger partial charge in [0.2, 0.25) is 5.91 Å². The molecular formula is C21H33N3O5. The minimum atomic E-state index is -0.683. The predicted molar refractivity (Wildman–Crippen MR) is 106 cm³/mol. The van der Waals surface area contributed by atoms with Crippen molar-refractivity contribution < 1.29 is 23.9 Å². The van der Waals surface area contributed by atoms with Crippen LogP contribution in [0.25, 0.3) is 0 Å². The fraction of sp³-hybridized carbons (Fsp3) is 0.810. The van der Waals surface area contributed by atoms with Gasteiger partial charge in [-0.25, -0.2) is 4.79 Å². The van der Waals surface area contributed by atoms with Crippen molar-refractivity contribution in [2.45, 2.75) is 58.8 Å². The smallest absolute Gasteiger partial charge is 0.321 e. The van der Waals surface area contributed by atoms with E-state index in [2.05, 4.69) is 16.0 Å². The second-order valence-electron chi connectivity index (χ2n) is 9.52. The van der Waals surface area contributed by atoms with Crippen molar-refractivity contribution >= 4 is 23.8 Å². The minimum Gasteiger partial charge on any atom is -0.456 e. The van der Waals surface area contributed by atoms with Gasteiger partial charge in [0.05, 0.1) is 6.42 Å². The van der Waals surface area contributed by atoms with Gasteiger partial charge in [0, 0.05) is 18.5 Å². The number of ether oxygens (including phenoxy) is 1. The fourth-order valence-corrected chi connectivity index (χ4v) is 5.58. The van der Waals surface area contributed by atoms with Crippen LogP contribution >= 0.6 is 0 Å². The van der Waals surface area contributed by atoms with Crippen molar-refractivity contribution in [2.24, 2.45) is 29.1 Å². The molecule has 0 saturated heterocycles. The third-order valence-electron chi connectivity index (χ3n) is 6.42. The van der Waals surface area contributed by atoms with Crippen LogP contribution in [0.1, 0.15) is 58.8 Å². The van der Waals surface area contributed by atoms with Gasteiger partial charge in [0.15, 0.2) is 6.61 Å². The van der Waals surface area contributed by atoms with Gasteiger partial charge in [-0.1, -0.05) is 13.8 Å². The number of esters is 1. The molecular weight excluding hydrogens is 374 g/mol. The molecule has 3 N–H and O–H groups in total. The Balaban J connectivity index is 1.31. The third-order valence-corrected chi connectivity index (χ3v) is 6.42. The van der Waals surface area contributed by atoms with Gasteiger partial charge in [-0.05, 0) is 62.2 Å². The molecule has 0 radical (unpaired) electrons. The Morgan fingerprint density at radius 1 is 0.966 bits per heavy atom. The van der Waals surface area contributed by atoms with Crippen LogP contribution in [0.3, 0.4) is 0 Å². The van der Waals surface area contributed by atoms with Crippen LogP contribution < -0.4 is 16.0 Å². The third kappa shape index (κ3) is 5.70. The van der Waals surface area contributed by atoms with Gasteiger partial charge in [0.25, 0.3) is 5.91 Å². The molecule has 0 aromatic carbocycles. The molecule has 4 saturated carbocycles. The molecule has 0 heterocycles. The second-order valence-corrected chi connectivity index (χ2v) is 9.52. The lowest BCUT2D eigenvalue weighted by atomic mass is 9.49. The van der Waals surface area contributed by atoms with E-state index in [-0.39, 0.29) is 30.2 Å². The zero-order valence-corrected chi connectivity index (χ0v) is 17.4. The number of nitrogens with one attached hydrogen (secondary N) is 3. The highest BCUT2D eigenvalue weighted by Crippen LogP contribution is 2.60. The summed E-state index contributed by atoms with van der Waals surface area (Å²) in [7, 11) is 0. The highest BCUT2D eigenvalue weighted by atomic mass is 16.5. The Morgan fingerprint density at radius 2 is 1.55 bits per heavy atom. The minimum absolute atomic E-state index is 0.00489. The number of hydrogen-bond donors (Lipinski definition) is 3. The van der Waals surface area contributed by atoms with Crippen molar-refractivity contribution in [3.05, 3.63) is 0 Å². The number of urea groups is 1. The summed E-state index contributed by atoms with van der Waals surface area (Å²) in [5.74, 6) is 1.15. The van der Waals surface area contributed by atoms with Crippen molar-refractivity contribution in [2.75, 3.05) is 19.7 Å². The molecule has 8 heteroatoms. The maximum absolute atomic E-state index is 12.8. The van der Waals surface area contributed by atoms with Crippen molar-refractivity contribution in [3.8, 4) is 0 Å². The van der Waals surface area contributed by atoms with E-state index in [1.54, 1.807) is 0 Å². The van der Waals surface area contributed by atoms with Gasteiger partial charge in [0.1, 0.15) is 0 Å². The first-order valence-corrected chi connectivity index (χ1v) is 10.8. The molecule has 0 unspecified atom stereocenters. The summed E-state index contributed by atoms with van der Waals surface area (Å²) in [4.78, 5) is 47.7. The first kappa shape index (κ1) is 21.6. The maximum Gasteiger partial charge on any atom is 0.321 e. The first-order chi connectivity index (χ1) is 13.8. The average Bonchev–Trinajstić information content (AvgIpc) is 2.63. The van der Waals surface area contributed by atoms with Crippen LogP contribution in [0.2, 0.25) is 0 Å². The summed E-state index contributed by atoms with van der Waals surface area (Å²) >= 11 is 0. The van der Waals surface area contributed by atoms with E-state index >= 15 is 0 Å². The molecule has 29 heavy (non-hydrogen) atoms. The zero-order chi connectivity index (χ0) is 21.0. The number of carbonyl (C=O) groups is 4. The highest BCUT2D eigenvalue weighted by Gasteiger charge is 2.54. The van der Waals surface area contributed by atoms with Crippen LogP contribution in [0, 0.1) is 29.1 Å². The Morgan fingerprint density at radius 3 is 2.10 bits per heavy atom. The number of rotatable bonds is 8. The van der Waals surface area contributed by atoms with Crippen molar-refractivity contribution in [3.63, 3.8) is 0 Å². The van der Waals surface area contributed by atoms with Crippen LogP contribution in [-0.2, 0) is 19.1 Å². The summed E-state index contributed by atoms with van der Waals surface area (Å²) < 4.78 is 4.88. The first-order valence-electron chi connectivity index (χ1n) is 10.8. The summed E-state index contributed by atoms with van der Waals surface area (Å²) in [5, 5.41) is 7.56. The Kier molecular flexibility index (Phi) is 6.80. The molecule has 4 bridgehead atoms. The van der Waals surface area contributed by atoms with Gasteiger partial charge in [-0.3, -0.25) is 19.7 Å². The highest BCUT2D eigenvalue weighted by molar-refractivity contribution is 5.95. The monoisotopic (exact) mass is 407 g/mol. The Labute approximate surface area is 171 Å². The number of carbonyl (C=O) groups excluding carboxylic acids is 4. The molecule has 0 spiro atoms. The van der Waals surface area contributed by atoms with Crippen LogP contribution in [0.4, 0.5) is 4.79 Å². The van der Waals surface area contributed by atoms with E-state index in [4.69, 9.17) is 4.74 Å². The largest absolute Gasteiger partial charge is 0.456 e. The van der Waals surface area contributed by atoms with Crippen LogP contribution in [-0.4, -0.2) is 43.5 Å². The standard InChI is InChI=1S/C21H33N3O5/c1-13(2)11-23-20(28)24-17(25)12-29-18(26)3-4-22-19(27)21-8-14-5-15(9-21)7-16(6-14)10-21/h13-16H,3-12H2,1-2H3,(H,22,27)(H2,23,24,25,28). The normalized spacial score (nSPS) is 29.4. The topological polar surface area (TPSA) is 114 Å². The van der Waals surface area contributed by atoms with Gasteiger partial charge < -0.3 is 15.4 Å². The lowest BCUT2D eigenvalue weighted by Crippen LogP contribution is -2.53. The molecule has 8 nitrogen and oxygen atoms in total. The molecule has 4 aliphatic rings. The molecule has 162 valence electrons. The molecule has 4 amide bonds. The second kappa shape index (κ2) is 9.13. The number of amides is 4. The van der Waals surface area contributed by atoms with E-state index in [1.807, 2.05) is 13.8 Å². The number of hydrogen-bond acceptors (Lipinski definition) is 5. The van der Waals surface area contributed by atoms with E-state index in [9.17, 15) is 19.2 Å². The average molecular weight is 408 g/mol. The van der Waals surface area contributed by atoms with Gasteiger partial charge >= 0.3 is 12.0 Å². The predicted octanol–water partition coefficient (Wildman–Crippen LogP) is 1.73. The summed E-state index contributed by atoms with van der Waals surface area (Å²) in [6, 6.07) is -0.609. The zero-order valence-electron chi connectivity index (χ0n) is 17.4. The lowest BCUT2D eigenvalue weighted by Gasteiger charge is -2.55. The maximum atomic E-state index is 12.8. The van der Waals surface area contributed by atoms with Crippen molar-refractivity contribution in [1.29, 1.82) is 0 Å². The SMILES string of the molecule is CC(C)CNC(=O)NC(=O)COC(=O)CCNC(=O)C12CC3CC(CC(C3)C1)C2. The molecule has 0 aliphatic heterocycles. The van der Waals surface area contributed by atoms with E-state index in [0.29, 0.717) is 24.3 Å². The Bertz CT molecular complexity index is 625. The molecule has 0 aromatic rings. The van der Waals surface area contributed by atoms with Crippen LogP contribution in [0.5, 0.6) is 0 Å². The molecule has 0 aromatic heterocycles. The molecule has 4 rings (SSSR count). The van der Waals surface area contributed by atoms with Gasteiger partial charge in [-0.15, -0.1) is 0 Å². The Hall–Kier alpha value is -2.12. The summed E-state index contributed by atoms with van der Waals surface area (Å²) in [6.07, 6.45) is 6.77. The van der Waals surface area contributed by atoms with Gasteiger partial charge in [-0.2, -0.15) is 0 Å².